The van der Waals surface area contributed by atoms with Crippen molar-refractivity contribution < 1.29 is 19.5 Å². The molecule has 2 heteroatoms. The van der Waals surface area contributed by atoms with Gasteiger partial charge < -0.3 is 9.32 Å². The Kier molecular flexibility index (Phi) is 4.96. The van der Waals surface area contributed by atoms with Crippen molar-refractivity contribution in [2.75, 3.05) is 4.90 Å². The highest BCUT2D eigenvalue weighted by molar-refractivity contribution is 6.10. The van der Waals surface area contributed by atoms with Crippen LogP contribution in [0.2, 0.25) is 0 Å². The lowest BCUT2D eigenvalue weighted by Crippen LogP contribution is -2.09. The van der Waals surface area contributed by atoms with E-state index in [-0.39, 0.29) is 22.1 Å². The average molecular weight is 675 g/mol. The maximum atomic E-state index is 9.75. The van der Waals surface area contributed by atoms with Crippen LogP contribution < -0.4 is 4.90 Å². The van der Waals surface area contributed by atoms with E-state index in [0.717, 1.165) is 32.0 Å². The first-order valence-corrected chi connectivity index (χ1v) is 16.9. The fourth-order valence-electron chi connectivity index (χ4n) is 6.70. The summed E-state index contributed by atoms with van der Waals surface area (Å²) in [5, 5.41) is 4.04. The summed E-state index contributed by atoms with van der Waals surface area (Å²) in [5.41, 5.74) is 0.910. The molecule has 10 rings (SSSR count). The fourth-order valence-corrected chi connectivity index (χ4v) is 6.70. The fraction of sp³-hybridized carbons (Fsp3) is 0. The highest BCUT2D eigenvalue weighted by Gasteiger charge is 2.18. The molecule has 0 aliphatic carbocycles. The molecule has 0 aliphatic rings. The number of hydrogen-bond acceptors (Lipinski definition) is 2. The number of rotatable bonds is 6. The predicted molar refractivity (Wildman–Crippen MR) is 220 cm³/mol. The lowest BCUT2D eigenvalue weighted by atomic mass is 10.00. The Hall–Kier alpha value is -6.90. The molecule has 0 saturated heterocycles. The average Bonchev–Trinajstić information content (AvgIpc) is 3.70. The van der Waals surface area contributed by atoms with Crippen LogP contribution in [0.4, 0.5) is 17.1 Å². The van der Waals surface area contributed by atoms with Gasteiger partial charge in [-0.2, -0.15) is 0 Å². The van der Waals surface area contributed by atoms with E-state index in [9.17, 15) is 15.1 Å². The van der Waals surface area contributed by atoms with Gasteiger partial charge in [-0.1, -0.05) is 145 Å². The van der Waals surface area contributed by atoms with Crippen LogP contribution in [-0.2, 0) is 0 Å². The number of anilines is 3. The molecular formula is C50H33NO. The Bertz CT molecular complexity index is 3340. The van der Waals surface area contributed by atoms with Crippen molar-refractivity contribution in [2.45, 2.75) is 0 Å². The summed E-state index contributed by atoms with van der Waals surface area (Å²) in [4.78, 5) is 0.920. The molecule has 0 bridgehead atoms. The number of hydrogen-bond donors (Lipinski definition) is 0. The molecule has 0 radical (unpaired) electrons. The molecule has 0 amide bonds. The molecule has 0 spiro atoms. The molecule has 244 valence electrons. The molecular weight excluding hydrogens is 631 g/mol. The van der Waals surface area contributed by atoms with Crippen molar-refractivity contribution in [3.63, 3.8) is 0 Å². The van der Waals surface area contributed by atoms with Gasteiger partial charge in [-0.15, -0.1) is 0 Å². The third-order valence-corrected chi connectivity index (χ3v) is 9.31. The van der Waals surface area contributed by atoms with Crippen LogP contribution in [-0.4, -0.2) is 0 Å². The summed E-state index contributed by atoms with van der Waals surface area (Å²) in [6.07, 6.45) is 0. The van der Waals surface area contributed by atoms with Gasteiger partial charge in [0.05, 0.1) is 15.1 Å². The Labute approximate surface area is 317 Å². The minimum Gasteiger partial charge on any atom is -0.455 e. The number of nitrogens with zero attached hydrogens (tertiary/aromatic N) is 1. The quantitative estimate of drug-likeness (QED) is 0.175. The van der Waals surface area contributed by atoms with Crippen molar-refractivity contribution in [1.29, 1.82) is 0 Å². The van der Waals surface area contributed by atoms with Crippen LogP contribution in [0.5, 0.6) is 0 Å². The second kappa shape index (κ2) is 12.5. The summed E-state index contributed by atoms with van der Waals surface area (Å²) in [7, 11) is 0. The first-order chi connectivity index (χ1) is 30.4. The van der Waals surface area contributed by atoms with E-state index in [2.05, 4.69) is 0 Å². The Morgan fingerprint density at radius 3 is 1.52 bits per heavy atom. The molecule has 0 atom stereocenters. The third-order valence-electron chi connectivity index (χ3n) is 9.31. The minimum atomic E-state index is -0.629. The highest BCUT2D eigenvalue weighted by atomic mass is 16.3. The lowest BCUT2D eigenvalue weighted by Gasteiger charge is -2.26. The monoisotopic (exact) mass is 674 g/mol. The number of fused-ring (bicyclic) bond motifs is 5. The second-order valence-electron chi connectivity index (χ2n) is 12.5. The SMILES string of the molecule is [2H]c1c([2H])c(N(c2c([2H])c([2H])c(-c3ccc4ccccc4c3)c([2H])c2[2H])c2c([2H])c([2H])c3c(oc4c(-c5ccccc5)cccc43)c2[2H])c([2H])c([2H])c1-c1ccc2ccccc2c1. The van der Waals surface area contributed by atoms with Gasteiger partial charge in [-0.05, 0) is 97.7 Å². The van der Waals surface area contributed by atoms with Gasteiger partial charge >= 0.3 is 0 Å². The van der Waals surface area contributed by atoms with Crippen molar-refractivity contribution in [3.05, 3.63) is 200 Å². The largest absolute Gasteiger partial charge is 0.455 e. The van der Waals surface area contributed by atoms with Gasteiger partial charge in [0.2, 0.25) is 0 Å². The summed E-state index contributed by atoms with van der Waals surface area (Å²) in [5.74, 6) is 0. The predicted octanol–water partition coefficient (Wildman–Crippen LogP) is 14.4. The summed E-state index contributed by atoms with van der Waals surface area (Å²) < 4.78 is 111. The van der Waals surface area contributed by atoms with E-state index in [0.29, 0.717) is 27.7 Å². The maximum absolute atomic E-state index is 9.75. The van der Waals surface area contributed by atoms with Gasteiger partial charge in [0.1, 0.15) is 11.2 Å². The maximum Gasteiger partial charge on any atom is 0.143 e. The Morgan fingerprint density at radius 2 is 0.923 bits per heavy atom. The zero-order valence-corrected chi connectivity index (χ0v) is 27.6. The van der Waals surface area contributed by atoms with Gasteiger partial charge in [-0.25, -0.2) is 0 Å². The molecule has 2 nitrogen and oxygen atoms in total. The minimum absolute atomic E-state index is 0.0230. The van der Waals surface area contributed by atoms with Crippen molar-refractivity contribution in [2.24, 2.45) is 0 Å². The van der Waals surface area contributed by atoms with Crippen LogP contribution in [0.15, 0.2) is 204 Å². The molecule has 10 aromatic rings. The van der Waals surface area contributed by atoms with E-state index in [1.165, 1.54) is 0 Å². The molecule has 0 aliphatic heterocycles. The van der Waals surface area contributed by atoms with Crippen LogP contribution in [0.25, 0.3) is 76.9 Å². The summed E-state index contributed by atoms with van der Waals surface area (Å²) >= 11 is 0. The van der Waals surface area contributed by atoms with E-state index in [1.54, 1.807) is 36.4 Å². The summed E-state index contributed by atoms with van der Waals surface area (Å²) in [6, 6.07) is 34.5. The van der Waals surface area contributed by atoms with E-state index < -0.39 is 83.5 Å². The van der Waals surface area contributed by atoms with Crippen molar-refractivity contribution in [3.8, 4) is 33.4 Å². The molecule has 0 unspecified atom stereocenters. The van der Waals surface area contributed by atoms with E-state index in [1.807, 2.05) is 97.1 Å². The summed E-state index contributed by atoms with van der Waals surface area (Å²) in [6.45, 7) is 0. The van der Waals surface area contributed by atoms with E-state index in [4.69, 9.17) is 4.42 Å². The molecule has 0 saturated carbocycles. The number of para-hydroxylation sites is 1. The van der Waals surface area contributed by atoms with E-state index >= 15 is 0 Å². The number of furan rings is 1. The zero-order chi connectivity index (χ0) is 44.0. The Morgan fingerprint density at radius 1 is 0.385 bits per heavy atom. The van der Waals surface area contributed by atoms with Crippen LogP contribution in [0.1, 0.15) is 15.1 Å². The first-order valence-electron chi connectivity index (χ1n) is 22.4. The van der Waals surface area contributed by atoms with Crippen LogP contribution in [0, 0.1) is 0 Å². The molecule has 1 aromatic heterocycles. The van der Waals surface area contributed by atoms with Crippen molar-refractivity contribution >= 4 is 60.5 Å². The molecule has 0 N–H and O–H groups in total. The van der Waals surface area contributed by atoms with Gasteiger partial charge in [0, 0.05) is 39.4 Å². The highest BCUT2D eigenvalue weighted by Crippen LogP contribution is 2.41. The van der Waals surface area contributed by atoms with Gasteiger partial charge in [0.25, 0.3) is 0 Å². The zero-order valence-electron chi connectivity index (χ0n) is 38.6. The normalized spacial score (nSPS) is 14.4. The standard InChI is InChI=1S/C50H33NO/c1-2-11-38(12-3-1)46-15-8-16-48-47-30-29-45(33-49(47)52-50(46)48)51(43-25-21-36(22-26-43)41-19-17-34-9-4-6-13-39(34)31-41)44-27-23-37(24-28-44)42-20-18-35-10-5-7-14-40(35)32-42/h1-33H/i21D,22D,23D,24D,25D,26D,27D,28D,29D,30D,33D. The van der Waals surface area contributed by atoms with Crippen LogP contribution in [0.3, 0.4) is 0 Å². The van der Waals surface area contributed by atoms with Crippen LogP contribution >= 0.6 is 0 Å². The molecule has 52 heavy (non-hydrogen) atoms. The smallest absolute Gasteiger partial charge is 0.143 e. The topological polar surface area (TPSA) is 16.4 Å². The van der Waals surface area contributed by atoms with Gasteiger partial charge in [0.15, 0.2) is 0 Å². The number of benzene rings is 9. The lowest BCUT2D eigenvalue weighted by molar-refractivity contribution is 0.670. The van der Waals surface area contributed by atoms with Gasteiger partial charge in [-0.3, -0.25) is 0 Å². The molecule has 0 fully saturated rings. The second-order valence-corrected chi connectivity index (χ2v) is 12.5. The Balaban J connectivity index is 1.29. The first kappa shape index (κ1) is 20.7. The van der Waals surface area contributed by atoms with Crippen molar-refractivity contribution in [1.82, 2.24) is 0 Å². The third kappa shape index (κ3) is 5.30. The molecule has 1 heterocycles. The molecule has 9 aromatic carbocycles.